The normalized spacial score (nSPS) is 13.8. The van der Waals surface area contributed by atoms with Gasteiger partial charge in [-0.25, -0.2) is 0 Å². The lowest BCUT2D eigenvalue weighted by molar-refractivity contribution is -0.128. The maximum atomic E-state index is 11.5. The molecule has 1 unspecified atom stereocenters. The molecule has 4 heteroatoms. The molecule has 1 amide bonds. The van der Waals surface area contributed by atoms with Crippen molar-refractivity contribution in [2.75, 3.05) is 12.4 Å². The summed E-state index contributed by atoms with van der Waals surface area (Å²) in [5.74, 6) is 0.285. The molecule has 0 saturated heterocycles. The summed E-state index contributed by atoms with van der Waals surface area (Å²) in [4.78, 5) is 11.5. The summed E-state index contributed by atoms with van der Waals surface area (Å²) in [7, 11) is 0. The van der Waals surface area contributed by atoms with Crippen LogP contribution in [0.2, 0.25) is 0 Å². The van der Waals surface area contributed by atoms with Gasteiger partial charge in [-0.05, 0) is 33.6 Å². The minimum atomic E-state index is -0.508. The van der Waals surface area contributed by atoms with E-state index in [1.165, 1.54) is 0 Å². The smallest absolute Gasteiger partial charge is 0.226 e. The number of rotatable bonds is 6. The minimum Gasteiger partial charge on any atom is -0.393 e. The molecule has 0 radical (unpaired) electrons. The number of amides is 1. The average molecular weight is 222 g/mol. The van der Waals surface area contributed by atoms with Gasteiger partial charge in [0, 0.05) is 12.4 Å². The Morgan fingerprint density at radius 1 is 1.57 bits per heavy atom. The molecule has 0 spiro atoms. The van der Waals surface area contributed by atoms with Gasteiger partial charge < -0.3 is 10.4 Å². The van der Waals surface area contributed by atoms with E-state index in [1.807, 2.05) is 13.8 Å². The molecule has 84 valence electrons. The van der Waals surface area contributed by atoms with E-state index in [1.54, 1.807) is 6.92 Å². The Morgan fingerprint density at radius 2 is 2.14 bits per heavy atom. The number of halogens is 1. The molecular weight excluding hydrogens is 202 g/mol. The van der Waals surface area contributed by atoms with Crippen LogP contribution in [0.3, 0.4) is 0 Å². The highest BCUT2D eigenvalue weighted by molar-refractivity contribution is 6.19. The van der Waals surface area contributed by atoms with Gasteiger partial charge in [-0.2, -0.15) is 0 Å². The summed E-state index contributed by atoms with van der Waals surface area (Å²) in [5.41, 5.74) is -0.508. The van der Waals surface area contributed by atoms with Crippen molar-refractivity contribution < 1.29 is 9.90 Å². The van der Waals surface area contributed by atoms with E-state index >= 15 is 0 Å². The van der Waals surface area contributed by atoms with Crippen molar-refractivity contribution in [1.82, 2.24) is 5.32 Å². The first-order chi connectivity index (χ1) is 6.40. The Hall–Kier alpha value is -0.280. The number of aliphatic hydroxyl groups is 1. The highest BCUT2D eigenvalue weighted by Gasteiger charge is 2.25. The van der Waals surface area contributed by atoms with Crippen LogP contribution in [-0.2, 0) is 4.79 Å². The van der Waals surface area contributed by atoms with E-state index in [0.29, 0.717) is 18.8 Å². The summed E-state index contributed by atoms with van der Waals surface area (Å²) in [6.07, 6.45) is 1.21. The predicted octanol–water partition coefficient (Wildman–Crippen LogP) is 1.53. The van der Waals surface area contributed by atoms with Gasteiger partial charge in [-0.15, -0.1) is 11.6 Å². The van der Waals surface area contributed by atoms with Crippen LogP contribution in [0.25, 0.3) is 0 Å². The van der Waals surface area contributed by atoms with Crippen LogP contribution in [0.5, 0.6) is 0 Å². The van der Waals surface area contributed by atoms with Gasteiger partial charge >= 0.3 is 0 Å². The zero-order chi connectivity index (χ0) is 11.2. The molecule has 14 heavy (non-hydrogen) atoms. The fourth-order valence-corrected chi connectivity index (χ4v) is 1.02. The first-order valence-corrected chi connectivity index (χ1v) is 5.46. The molecule has 3 nitrogen and oxygen atoms in total. The van der Waals surface area contributed by atoms with Gasteiger partial charge in [0.15, 0.2) is 0 Å². The van der Waals surface area contributed by atoms with Crippen molar-refractivity contribution in [3.05, 3.63) is 0 Å². The standard InChI is InChI=1S/C10H20ClNO2/c1-8(13)5-4-6-12-9(14)10(2,3)7-11/h8,13H,4-7H2,1-3H3,(H,12,14). The van der Waals surface area contributed by atoms with E-state index in [0.717, 1.165) is 6.42 Å². The maximum Gasteiger partial charge on any atom is 0.226 e. The number of nitrogens with one attached hydrogen (secondary N) is 1. The molecule has 0 heterocycles. The van der Waals surface area contributed by atoms with Crippen molar-refractivity contribution >= 4 is 17.5 Å². The molecule has 0 aromatic carbocycles. The maximum absolute atomic E-state index is 11.5. The molecule has 0 aliphatic heterocycles. The quantitative estimate of drug-likeness (QED) is 0.528. The molecule has 0 rings (SSSR count). The monoisotopic (exact) mass is 221 g/mol. The number of alkyl halides is 1. The zero-order valence-electron chi connectivity index (χ0n) is 9.14. The molecule has 0 fully saturated rings. The van der Waals surface area contributed by atoms with Crippen molar-refractivity contribution in [3.8, 4) is 0 Å². The summed E-state index contributed by atoms with van der Waals surface area (Å²) < 4.78 is 0. The van der Waals surface area contributed by atoms with Crippen LogP contribution in [0, 0.1) is 5.41 Å². The third kappa shape index (κ3) is 5.45. The third-order valence-corrected chi connectivity index (χ3v) is 2.70. The van der Waals surface area contributed by atoms with Gasteiger partial charge in [0.25, 0.3) is 0 Å². The molecule has 0 aromatic heterocycles. The van der Waals surface area contributed by atoms with Crippen LogP contribution in [0.1, 0.15) is 33.6 Å². The van der Waals surface area contributed by atoms with Gasteiger partial charge in [0.2, 0.25) is 5.91 Å². The van der Waals surface area contributed by atoms with Crippen molar-refractivity contribution in [2.45, 2.75) is 39.7 Å². The Kier molecular flexibility index (Phi) is 6.12. The topological polar surface area (TPSA) is 49.3 Å². The average Bonchev–Trinajstić information content (AvgIpc) is 2.11. The second-order valence-electron chi connectivity index (χ2n) is 4.26. The molecule has 2 N–H and O–H groups in total. The van der Waals surface area contributed by atoms with Crippen LogP contribution >= 0.6 is 11.6 Å². The number of carbonyl (C=O) groups is 1. The van der Waals surface area contributed by atoms with Gasteiger partial charge in [-0.3, -0.25) is 4.79 Å². The van der Waals surface area contributed by atoms with Gasteiger partial charge in [-0.1, -0.05) is 0 Å². The summed E-state index contributed by atoms with van der Waals surface area (Å²) >= 11 is 5.65. The lowest BCUT2D eigenvalue weighted by Gasteiger charge is -2.20. The Bertz CT molecular complexity index is 181. The lowest BCUT2D eigenvalue weighted by Crippen LogP contribution is -2.38. The molecule has 0 aliphatic rings. The number of aliphatic hydroxyl groups excluding tert-OH is 1. The van der Waals surface area contributed by atoms with Crippen LogP contribution in [0.4, 0.5) is 0 Å². The van der Waals surface area contributed by atoms with E-state index in [9.17, 15) is 4.79 Å². The molecule has 0 saturated carbocycles. The highest BCUT2D eigenvalue weighted by atomic mass is 35.5. The summed E-state index contributed by atoms with van der Waals surface area (Å²) in [6, 6.07) is 0. The van der Waals surface area contributed by atoms with Gasteiger partial charge in [0.05, 0.1) is 11.5 Å². The largest absolute Gasteiger partial charge is 0.393 e. The number of hydrogen-bond donors (Lipinski definition) is 2. The highest BCUT2D eigenvalue weighted by Crippen LogP contribution is 2.16. The Labute approximate surface area is 90.8 Å². The molecular formula is C10H20ClNO2. The zero-order valence-corrected chi connectivity index (χ0v) is 9.90. The first-order valence-electron chi connectivity index (χ1n) is 4.92. The van der Waals surface area contributed by atoms with E-state index in [4.69, 9.17) is 16.7 Å². The summed E-state index contributed by atoms with van der Waals surface area (Å²) in [6.45, 7) is 5.96. The van der Waals surface area contributed by atoms with Crippen LogP contribution in [0.15, 0.2) is 0 Å². The Balaban J connectivity index is 3.64. The third-order valence-electron chi connectivity index (χ3n) is 2.03. The van der Waals surface area contributed by atoms with Gasteiger partial charge in [0.1, 0.15) is 0 Å². The van der Waals surface area contributed by atoms with Crippen molar-refractivity contribution in [1.29, 1.82) is 0 Å². The van der Waals surface area contributed by atoms with Crippen LogP contribution in [-0.4, -0.2) is 29.5 Å². The van der Waals surface area contributed by atoms with Crippen LogP contribution < -0.4 is 5.32 Å². The fourth-order valence-electron chi connectivity index (χ4n) is 0.899. The predicted molar refractivity (Wildman–Crippen MR) is 58.4 cm³/mol. The van der Waals surface area contributed by atoms with E-state index < -0.39 is 5.41 Å². The molecule has 0 aromatic rings. The van der Waals surface area contributed by atoms with Crippen molar-refractivity contribution in [2.24, 2.45) is 5.41 Å². The minimum absolute atomic E-state index is 0.0295. The first kappa shape index (κ1) is 13.7. The molecule has 0 bridgehead atoms. The SMILES string of the molecule is CC(O)CCCNC(=O)C(C)(C)CCl. The lowest BCUT2D eigenvalue weighted by atomic mass is 9.95. The molecule has 1 atom stereocenters. The molecule has 0 aliphatic carbocycles. The number of carbonyl (C=O) groups excluding carboxylic acids is 1. The number of hydrogen-bond acceptors (Lipinski definition) is 2. The van der Waals surface area contributed by atoms with E-state index in [-0.39, 0.29) is 12.0 Å². The Morgan fingerprint density at radius 3 is 2.57 bits per heavy atom. The summed E-state index contributed by atoms with van der Waals surface area (Å²) in [5, 5.41) is 11.8. The van der Waals surface area contributed by atoms with E-state index in [2.05, 4.69) is 5.32 Å². The second-order valence-corrected chi connectivity index (χ2v) is 4.53. The fraction of sp³-hybridized carbons (Fsp3) is 0.900. The second kappa shape index (κ2) is 6.25. The van der Waals surface area contributed by atoms with Crippen molar-refractivity contribution in [3.63, 3.8) is 0 Å².